The fourth-order valence-corrected chi connectivity index (χ4v) is 1.89. The van der Waals surface area contributed by atoms with E-state index >= 15 is 0 Å². The lowest BCUT2D eigenvalue weighted by Crippen LogP contribution is -2.46. The van der Waals surface area contributed by atoms with Gasteiger partial charge in [-0.2, -0.15) is 0 Å². The zero-order chi connectivity index (χ0) is 14.2. The van der Waals surface area contributed by atoms with Gasteiger partial charge in [0, 0.05) is 12.1 Å². The van der Waals surface area contributed by atoms with Crippen molar-refractivity contribution in [3.05, 3.63) is 29.3 Å². The van der Waals surface area contributed by atoms with Crippen LogP contribution in [0.15, 0.2) is 18.2 Å². The molecule has 0 aliphatic carbocycles. The summed E-state index contributed by atoms with van der Waals surface area (Å²) in [5.74, 6) is -0.0738. The van der Waals surface area contributed by atoms with E-state index in [1.165, 1.54) is 18.2 Å². The standard InChI is InChI=1S/C13H11N3O3/c1-2-4-9(15)12(18)16-11(17)7-5-3-6-8(14)10(7)13(16)19/h1,3,5-6,9H,4,14-15H2. The summed E-state index contributed by atoms with van der Waals surface area (Å²) in [4.78, 5) is 36.6. The maximum Gasteiger partial charge on any atom is 0.270 e. The second-order valence-corrected chi connectivity index (χ2v) is 4.07. The molecule has 0 spiro atoms. The third-order valence-electron chi connectivity index (χ3n) is 2.82. The Morgan fingerprint density at radius 1 is 1.37 bits per heavy atom. The quantitative estimate of drug-likeness (QED) is 0.431. The highest BCUT2D eigenvalue weighted by Gasteiger charge is 2.42. The Kier molecular flexibility index (Phi) is 3.07. The van der Waals surface area contributed by atoms with Gasteiger partial charge in [0.15, 0.2) is 0 Å². The number of hydrogen-bond donors (Lipinski definition) is 2. The van der Waals surface area contributed by atoms with E-state index in [0.717, 1.165) is 0 Å². The average Bonchev–Trinajstić information content (AvgIpc) is 2.62. The molecular formula is C13H11N3O3. The van der Waals surface area contributed by atoms with Crippen LogP contribution in [0.5, 0.6) is 0 Å². The number of terminal acetylenes is 1. The Bertz CT molecular complexity index is 631. The first kappa shape index (κ1) is 12.8. The van der Waals surface area contributed by atoms with Crippen molar-refractivity contribution < 1.29 is 14.4 Å². The number of imide groups is 3. The number of hydrogen-bond acceptors (Lipinski definition) is 5. The van der Waals surface area contributed by atoms with Gasteiger partial charge in [-0.05, 0) is 12.1 Å². The van der Waals surface area contributed by atoms with Gasteiger partial charge in [-0.3, -0.25) is 14.4 Å². The van der Waals surface area contributed by atoms with Crippen LogP contribution >= 0.6 is 0 Å². The Labute approximate surface area is 109 Å². The molecule has 1 aliphatic rings. The highest BCUT2D eigenvalue weighted by molar-refractivity contribution is 6.31. The van der Waals surface area contributed by atoms with Gasteiger partial charge in [0.2, 0.25) is 0 Å². The summed E-state index contributed by atoms with van der Waals surface area (Å²) < 4.78 is 0. The summed E-state index contributed by atoms with van der Waals surface area (Å²) in [6, 6.07) is 3.37. The van der Waals surface area contributed by atoms with Crippen molar-refractivity contribution in [2.75, 3.05) is 5.73 Å². The first-order valence-electron chi connectivity index (χ1n) is 5.49. The first-order chi connectivity index (χ1) is 8.99. The summed E-state index contributed by atoms with van der Waals surface area (Å²) in [5, 5.41) is 0. The predicted octanol–water partition coefficient (Wildman–Crippen LogP) is -0.258. The van der Waals surface area contributed by atoms with Crippen LogP contribution in [0.25, 0.3) is 0 Å². The number of amides is 3. The fourth-order valence-electron chi connectivity index (χ4n) is 1.89. The molecule has 96 valence electrons. The normalized spacial score (nSPS) is 15.1. The Balaban J connectivity index is 2.41. The molecular weight excluding hydrogens is 246 g/mol. The molecule has 3 amide bonds. The van der Waals surface area contributed by atoms with Crippen LogP contribution < -0.4 is 11.5 Å². The van der Waals surface area contributed by atoms with Crippen LogP contribution in [0.1, 0.15) is 27.1 Å². The van der Waals surface area contributed by atoms with Gasteiger partial charge in [-0.15, -0.1) is 12.3 Å². The van der Waals surface area contributed by atoms with E-state index in [9.17, 15) is 14.4 Å². The molecule has 1 aliphatic heterocycles. The van der Waals surface area contributed by atoms with Crippen LogP contribution in [0.4, 0.5) is 5.69 Å². The second-order valence-electron chi connectivity index (χ2n) is 4.07. The largest absolute Gasteiger partial charge is 0.398 e. The van der Waals surface area contributed by atoms with E-state index in [4.69, 9.17) is 17.9 Å². The SMILES string of the molecule is C#CCC(N)C(=O)N1C(=O)c2cccc(N)c2C1=O. The number of benzene rings is 1. The molecule has 0 saturated heterocycles. The van der Waals surface area contributed by atoms with Gasteiger partial charge in [0.05, 0.1) is 17.2 Å². The summed E-state index contributed by atoms with van der Waals surface area (Å²) >= 11 is 0. The van der Waals surface area contributed by atoms with Gasteiger partial charge in [0.1, 0.15) is 0 Å². The van der Waals surface area contributed by atoms with Crippen molar-refractivity contribution in [2.24, 2.45) is 5.73 Å². The van der Waals surface area contributed by atoms with E-state index in [-0.39, 0.29) is 23.2 Å². The molecule has 0 aromatic heterocycles. The molecule has 1 aromatic rings. The van der Waals surface area contributed by atoms with Crippen LogP contribution in [0.2, 0.25) is 0 Å². The van der Waals surface area contributed by atoms with Gasteiger partial charge in [-0.25, -0.2) is 4.90 Å². The maximum atomic E-state index is 12.1. The van der Waals surface area contributed by atoms with Crippen LogP contribution in [0, 0.1) is 12.3 Å². The summed E-state index contributed by atoms with van der Waals surface area (Å²) in [7, 11) is 0. The minimum Gasteiger partial charge on any atom is -0.398 e. The van der Waals surface area contributed by atoms with Crippen molar-refractivity contribution in [3.63, 3.8) is 0 Å². The molecule has 0 saturated carbocycles. The van der Waals surface area contributed by atoms with Crippen molar-refractivity contribution in [3.8, 4) is 12.3 Å². The number of carbonyl (C=O) groups is 3. The average molecular weight is 257 g/mol. The van der Waals surface area contributed by atoms with Crippen LogP contribution in [-0.4, -0.2) is 28.7 Å². The second kappa shape index (κ2) is 4.55. The van der Waals surface area contributed by atoms with E-state index < -0.39 is 23.8 Å². The third-order valence-corrected chi connectivity index (χ3v) is 2.82. The number of carbonyl (C=O) groups excluding carboxylic acids is 3. The van der Waals surface area contributed by atoms with Gasteiger partial charge in [0.25, 0.3) is 17.7 Å². The highest BCUT2D eigenvalue weighted by atomic mass is 16.2. The molecule has 4 N–H and O–H groups in total. The zero-order valence-corrected chi connectivity index (χ0v) is 9.92. The Morgan fingerprint density at radius 2 is 2.05 bits per heavy atom. The maximum absolute atomic E-state index is 12.1. The van der Waals surface area contributed by atoms with Crippen LogP contribution in [0.3, 0.4) is 0 Å². The molecule has 1 atom stereocenters. The molecule has 0 fully saturated rings. The van der Waals surface area contributed by atoms with E-state index in [1.54, 1.807) is 0 Å². The number of anilines is 1. The van der Waals surface area contributed by atoms with Gasteiger partial charge >= 0.3 is 0 Å². The van der Waals surface area contributed by atoms with Gasteiger partial charge in [-0.1, -0.05) is 6.07 Å². The molecule has 19 heavy (non-hydrogen) atoms. The molecule has 6 heteroatoms. The summed E-state index contributed by atoms with van der Waals surface area (Å²) in [6.45, 7) is 0. The predicted molar refractivity (Wildman–Crippen MR) is 67.8 cm³/mol. The first-order valence-corrected chi connectivity index (χ1v) is 5.49. The Hall–Kier alpha value is -2.65. The Morgan fingerprint density at radius 3 is 2.63 bits per heavy atom. The monoisotopic (exact) mass is 257 g/mol. The van der Waals surface area contributed by atoms with Crippen molar-refractivity contribution in [1.82, 2.24) is 4.90 Å². The third kappa shape index (κ3) is 1.86. The molecule has 6 nitrogen and oxygen atoms in total. The minimum absolute atomic E-state index is 0.0359. The topological polar surface area (TPSA) is 106 Å². The number of fused-ring (bicyclic) bond motifs is 1. The number of nitrogens with zero attached hydrogens (tertiary/aromatic N) is 1. The molecule has 1 aromatic carbocycles. The lowest BCUT2D eigenvalue weighted by molar-refractivity contribution is -0.127. The molecule has 1 heterocycles. The fraction of sp³-hybridized carbons (Fsp3) is 0.154. The van der Waals surface area contributed by atoms with E-state index in [2.05, 4.69) is 5.92 Å². The van der Waals surface area contributed by atoms with Crippen molar-refractivity contribution in [1.29, 1.82) is 0 Å². The zero-order valence-electron chi connectivity index (χ0n) is 9.92. The van der Waals surface area contributed by atoms with Crippen molar-refractivity contribution in [2.45, 2.75) is 12.5 Å². The molecule has 0 bridgehead atoms. The minimum atomic E-state index is -1.09. The summed E-state index contributed by atoms with van der Waals surface area (Å²) in [6.07, 6.45) is 5.00. The molecule has 0 radical (unpaired) electrons. The lowest BCUT2D eigenvalue weighted by Gasteiger charge is -2.15. The smallest absolute Gasteiger partial charge is 0.270 e. The molecule has 1 unspecified atom stereocenters. The lowest BCUT2D eigenvalue weighted by atomic mass is 10.1. The van der Waals surface area contributed by atoms with E-state index in [0.29, 0.717) is 4.90 Å². The molecule has 2 rings (SSSR count). The van der Waals surface area contributed by atoms with Gasteiger partial charge < -0.3 is 11.5 Å². The number of rotatable bonds is 2. The van der Waals surface area contributed by atoms with Crippen molar-refractivity contribution >= 4 is 23.4 Å². The number of nitrogen functional groups attached to an aromatic ring is 1. The number of nitrogens with two attached hydrogens (primary N) is 2. The summed E-state index contributed by atoms with van der Waals surface area (Å²) in [5.41, 5.74) is 11.5. The highest BCUT2D eigenvalue weighted by Crippen LogP contribution is 2.27. The van der Waals surface area contributed by atoms with Crippen LogP contribution in [-0.2, 0) is 4.79 Å². The van der Waals surface area contributed by atoms with E-state index in [1.807, 2.05) is 0 Å².